The molecule has 29 heavy (non-hydrogen) atoms. The number of hydrogen-bond donors (Lipinski definition) is 2. The van der Waals surface area contributed by atoms with Gasteiger partial charge in [0.15, 0.2) is 0 Å². The number of carbonyl (C=O) groups is 2. The van der Waals surface area contributed by atoms with Gasteiger partial charge < -0.3 is 25.4 Å². The van der Waals surface area contributed by atoms with Crippen molar-refractivity contribution in [2.24, 2.45) is 5.73 Å². The van der Waals surface area contributed by atoms with Crippen LogP contribution < -0.4 is 20.5 Å². The molecular weight excluding hydrogens is 370 g/mol. The molecular formula is C22H27N3O4. The van der Waals surface area contributed by atoms with Crippen LogP contribution in [0.3, 0.4) is 0 Å². The standard InChI is InChI=1S/C22H27N3O4/c1-28-16-10-11-17(20(13-16)29-2)19-9-6-12-25(19)21(26)14-18(24-22(23)27)15-7-4-3-5-8-15/h3-5,7-8,10-11,13,18-19H,6,9,12,14H2,1-2H3,(H3,23,24,27)/t18-,19-/m1/s1. The lowest BCUT2D eigenvalue weighted by molar-refractivity contribution is -0.132. The quantitative estimate of drug-likeness (QED) is 0.750. The lowest BCUT2D eigenvalue weighted by Crippen LogP contribution is -2.38. The maximum atomic E-state index is 13.2. The van der Waals surface area contributed by atoms with Crippen molar-refractivity contribution in [1.29, 1.82) is 0 Å². The van der Waals surface area contributed by atoms with Crippen molar-refractivity contribution in [2.45, 2.75) is 31.3 Å². The number of primary amides is 1. The highest BCUT2D eigenvalue weighted by Crippen LogP contribution is 2.39. The summed E-state index contributed by atoms with van der Waals surface area (Å²) in [5.74, 6) is 1.37. The summed E-state index contributed by atoms with van der Waals surface area (Å²) >= 11 is 0. The maximum Gasteiger partial charge on any atom is 0.312 e. The molecule has 2 aromatic rings. The van der Waals surface area contributed by atoms with Crippen LogP contribution >= 0.6 is 0 Å². The topological polar surface area (TPSA) is 93.9 Å². The van der Waals surface area contributed by atoms with E-state index in [0.717, 1.165) is 24.0 Å². The molecule has 1 aliphatic heterocycles. The van der Waals surface area contributed by atoms with E-state index in [4.69, 9.17) is 15.2 Å². The van der Waals surface area contributed by atoms with Gasteiger partial charge in [0.25, 0.3) is 0 Å². The molecule has 3 amide bonds. The van der Waals surface area contributed by atoms with Gasteiger partial charge in [-0.1, -0.05) is 30.3 Å². The molecule has 0 radical (unpaired) electrons. The molecule has 0 spiro atoms. The number of hydrogen-bond acceptors (Lipinski definition) is 4. The number of urea groups is 1. The van der Waals surface area contributed by atoms with E-state index in [1.165, 1.54) is 0 Å². The number of carbonyl (C=O) groups excluding carboxylic acids is 2. The van der Waals surface area contributed by atoms with Gasteiger partial charge >= 0.3 is 6.03 Å². The van der Waals surface area contributed by atoms with Gasteiger partial charge in [-0.3, -0.25) is 4.79 Å². The lowest BCUT2D eigenvalue weighted by atomic mass is 10.0. The van der Waals surface area contributed by atoms with Crippen molar-refractivity contribution < 1.29 is 19.1 Å². The van der Waals surface area contributed by atoms with Gasteiger partial charge in [-0.15, -0.1) is 0 Å². The van der Waals surface area contributed by atoms with Gasteiger partial charge in [0.2, 0.25) is 5.91 Å². The summed E-state index contributed by atoms with van der Waals surface area (Å²) < 4.78 is 10.8. The van der Waals surface area contributed by atoms with E-state index in [2.05, 4.69) is 5.32 Å². The van der Waals surface area contributed by atoms with Crippen molar-refractivity contribution in [3.05, 3.63) is 59.7 Å². The SMILES string of the molecule is COc1ccc([C@H]2CCCN2C(=O)C[C@@H](NC(N)=O)c2ccccc2)c(OC)c1. The molecule has 1 fully saturated rings. The van der Waals surface area contributed by atoms with Crippen LogP contribution in [-0.2, 0) is 4.79 Å². The Bertz CT molecular complexity index is 856. The fourth-order valence-electron chi connectivity index (χ4n) is 3.88. The van der Waals surface area contributed by atoms with Gasteiger partial charge in [-0.25, -0.2) is 4.79 Å². The van der Waals surface area contributed by atoms with Crippen molar-refractivity contribution in [3.63, 3.8) is 0 Å². The minimum Gasteiger partial charge on any atom is -0.497 e. The van der Waals surface area contributed by atoms with Crippen molar-refractivity contribution in [1.82, 2.24) is 10.2 Å². The molecule has 154 valence electrons. The van der Waals surface area contributed by atoms with Crippen LogP contribution in [0.25, 0.3) is 0 Å². The van der Waals surface area contributed by atoms with Crippen LogP contribution in [0.2, 0.25) is 0 Å². The van der Waals surface area contributed by atoms with Crippen LogP contribution in [0.4, 0.5) is 4.79 Å². The number of amides is 3. The van der Waals surface area contributed by atoms with Gasteiger partial charge in [-0.2, -0.15) is 0 Å². The summed E-state index contributed by atoms with van der Waals surface area (Å²) in [6.45, 7) is 0.663. The van der Waals surface area contributed by atoms with E-state index in [0.29, 0.717) is 18.0 Å². The third-order valence-electron chi connectivity index (χ3n) is 5.27. The molecule has 7 nitrogen and oxygen atoms in total. The Kier molecular flexibility index (Phi) is 6.59. The fourth-order valence-corrected chi connectivity index (χ4v) is 3.88. The molecule has 0 unspecified atom stereocenters. The molecule has 1 saturated heterocycles. The Morgan fingerprint density at radius 2 is 1.93 bits per heavy atom. The minimum atomic E-state index is -0.651. The summed E-state index contributed by atoms with van der Waals surface area (Å²) in [4.78, 5) is 26.5. The number of nitrogens with two attached hydrogens (primary N) is 1. The summed E-state index contributed by atoms with van der Waals surface area (Å²) in [6.07, 6.45) is 1.90. The predicted octanol–water partition coefficient (Wildman–Crippen LogP) is 3.17. The average molecular weight is 397 g/mol. The molecule has 3 N–H and O–H groups in total. The number of nitrogens with one attached hydrogen (secondary N) is 1. The molecule has 3 rings (SSSR count). The maximum absolute atomic E-state index is 13.2. The zero-order valence-electron chi connectivity index (χ0n) is 16.8. The van der Waals surface area contributed by atoms with Gasteiger partial charge in [-0.05, 0) is 30.5 Å². The first kappa shape index (κ1) is 20.5. The molecule has 2 aromatic carbocycles. The van der Waals surface area contributed by atoms with Crippen molar-refractivity contribution in [3.8, 4) is 11.5 Å². The second-order valence-corrected chi connectivity index (χ2v) is 7.03. The van der Waals surface area contributed by atoms with Crippen LogP contribution in [0.15, 0.2) is 48.5 Å². The monoisotopic (exact) mass is 397 g/mol. The molecule has 7 heteroatoms. The van der Waals surface area contributed by atoms with Crippen molar-refractivity contribution in [2.75, 3.05) is 20.8 Å². The van der Waals surface area contributed by atoms with E-state index < -0.39 is 12.1 Å². The second-order valence-electron chi connectivity index (χ2n) is 7.03. The first-order valence-electron chi connectivity index (χ1n) is 9.65. The second kappa shape index (κ2) is 9.32. The molecule has 0 aromatic heterocycles. The lowest BCUT2D eigenvalue weighted by Gasteiger charge is -2.28. The summed E-state index contributed by atoms with van der Waals surface area (Å²) in [5, 5.41) is 2.69. The van der Waals surface area contributed by atoms with Gasteiger partial charge in [0.05, 0.1) is 32.7 Å². The van der Waals surface area contributed by atoms with Crippen LogP contribution in [0.1, 0.15) is 42.5 Å². The van der Waals surface area contributed by atoms with Crippen molar-refractivity contribution >= 4 is 11.9 Å². The molecule has 0 aliphatic carbocycles. The fraction of sp³-hybridized carbons (Fsp3) is 0.364. The summed E-state index contributed by atoms with van der Waals surface area (Å²) in [6, 6.07) is 13.8. The third kappa shape index (κ3) is 4.80. The zero-order chi connectivity index (χ0) is 20.8. The summed E-state index contributed by atoms with van der Waals surface area (Å²) in [5.41, 5.74) is 7.14. The Hall–Kier alpha value is -3.22. The van der Waals surface area contributed by atoms with E-state index in [9.17, 15) is 9.59 Å². The molecule has 0 bridgehead atoms. The number of rotatable bonds is 7. The first-order chi connectivity index (χ1) is 14.0. The first-order valence-corrected chi connectivity index (χ1v) is 9.65. The third-order valence-corrected chi connectivity index (χ3v) is 5.27. The number of likely N-dealkylation sites (tertiary alicyclic amines) is 1. The highest BCUT2D eigenvalue weighted by Gasteiger charge is 2.33. The Balaban J connectivity index is 1.81. The zero-order valence-corrected chi connectivity index (χ0v) is 16.8. The Labute approximate surface area is 170 Å². The smallest absolute Gasteiger partial charge is 0.312 e. The van der Waals surface area contributed by atoms with Crippen LogP contribution in [0, 0.1) is 0 Å². The minimum absolute atomic E-state index is 0.0343. The Morgan fingerprint density at radius 1 is 1.17 bits per heavy atom. The normalized spacial score (nSPS) is 16.9. The molecule has 2 atom stereocenters. The molecule has 1 aliphatic rings. The number of ether oxygens (including phenoxy) is 2. The van der Waals surface area contributed by atoms with Gasteiger partial charge in [0, 0.05) is 18.2 Å². The van der Waals surface area contributed by atoms with Crippen LogP contribution in [-0.4, -0.2) is 37.6 Å². The van der Waals surface area contributed by atoms with E-state index >= 15 is 0 Å². The Morgan fingerprint density at radius 3 is 2.59 bits per heavy atom. The highest BCUT2D eigenvalue weighted by molar-refractivity contribution is 5.79. The average Bonchev–Trinajstić information content (AvgIpc) is 3.22. The highest BCUT2D eigenvalue weighted by atomic mass is 16.5. The van der Waals surface area contributed by atoms with E-state index in [1.54, 1.807) is 14.2 Å². The van der Waals surface area contributed by atoms with E-state index in [-0.39, 0.29) is 18.4 Å². The van der Waals surface area contributed by atoms with Gasteiger partial charge in [0.1, 0.15) is 11.5 Å². The number of nitrogens with zero attached hydrogens (tertiary/aromatic N) is 1. The predicted molar refractivity (Wildman–Crippen MR) is 110 cm³/mol. The number of methoxy groups -OCH3 is 2. The molecule has 0 saturated carbocycles. The largest absolute Gasteiger partial charge is 0.497 e. The van der Waals surface area contributed by atoms with E-state index in [1.807, 2.05) is 53.4 Å². The number of benzene rings is 2. The molecule has 1 heterocycles. The van der Waals surface area contributed by atoms with Crippen LogP contribution in [0.5, 0.6) is 11.5 Å². The summed E-state index contributed by atoms with van der Waals surface area (Å²) in [7, 11) is 3.22.